The molecule has 0 aliphatic carbocycles. The van der Waals surface area contributed by atoms with Crippen molar-refractivity contribution in [1.29, 1.82) is 0 Å². The number of amides is 2. The molecule has 0 aromatic carbocycles. The smallest absolute Gasteiger partial charge is 0.386 e. The van der Waals surface area contributed by atoms with Gasteiger partial charge in [-0.1, -0.05) is 83.2 Å². The summed E-state index contributed by atoms with van der Waals surface area (Å²) >= 11 is 0.933. The van der Waals surface area contributed by atoms with Gasteiger partial charge >= 0.3 is 23.5 Å². The third kappa shape index (κ3) is 21.5. The monoisotopic (exact) mass is 1050 g/mol. The Kier molecular flexibility index (Phi) is 25.0. The van der Waals surface area contributed by atoms with E-state index in [1.54, 1.807) is 0 Å². The lowest BCUT2D eigenvalue weighted by atomic mass is 9.87. The van der Waals surface area contributed by atoms with E-state index in [1.807, 2.05) is 0 Å². The van der Waals surface area contributed by atoms with Gasteiger partial charge in [-0.15, -0.1) is 0 Å². The van der Waals surface area contributed by atoms with Gasteiger partial charge in [-0.3, -0.25) is 37.3 Å². The highest BCUT2D eigenvalue weighted by atomic mass is 32.2. The minimum Gasteiger partial charge on any atom is -0.386 e. The minimum absolute atomic E-state index is 0.0256. The molecule has 0 spiro atoms. The highest BCUT2D eigenvalue weighted by molar-refractivity contribution is 8.13. The molecule has 2 aromatic rings. The van der Waals surface area contributed by atoms with Gasteiger partial charge in [0.1, 0.15) is 42.0 Å². The van der Waals surface area contributed by atoms with Crippen molar-refractivity contribution >= 4 is 74.9 Å². The van der Waals surface area contributed by atoms with Crippen molar-refractivity contribution in [2.75, 3.05) is 37.8 Å². The highest BCUT2D eigenvalue weighted by Crippen LogP contribution is 2.61. The summed E-state index contributed by atoms with van der Waals surface area (Å²) in [4.78, 5) is 101. The van der Waals surface area contributed by atoms with Crippen molar-refractivity contribution in [3.8, 4) is 0 Å². The first-order chi connectivity index (χ1) is 31.9. The molecule has 3 rings (SSSR count). The number of ether oxygens (including phenoxy) is 1. The molecular formula is C39H66N7O18P3S. The molecular weight excluding hydrogens is 979 g/mol. The number of carbonyl (C=O) groups excluding carboxylic acids is 4. The fraction of sp³-hybridized carbons (Fsp3) is 0.718. The molecule has 386 valence electrons. The van der Waals surface area contributed by atoms with Gasteiger partial charge < -0.3 is 50.9 Å². The Morgan fingerprint density at radius 1 is 0.912 bits per heavy atom. The molecule has 0 saturated carbocycles. The van der Waals surface area contributed by atoms with Crippen molar-refractivity contribution in [2.24, 2.45) is 5.41 Å². The van der Waals surface area contributed by atoms with Gasteiger partial charge in [0.15, 0.2) is 22.8 Å². The van der Waals surface area contributed by atoms with Gasteiger partial charge in [0.2, 0.25) is 11.8 Å². The van der Waals surface area contributed by atoms with Gasteiger partial charge in [-0.2, -0.15) is 4.31 Å². The van der Waals surface area contributed by atoms with E-state index in [4.69, 9.17) is 19.5 Å². The Bertz CT molecular complexity index is 2130. The number of carbonyl (C=O) groups is 4. The summed E-state index contributed by atoms with van der Waals surface area (Å²) in [6.45, 7) is 2.53. The molecule has 1 aliphatic rings. The Hall–Kier alpha value is -3.03. The van der Waals surface area contributed by atoms with E-state index in [0.29, 0.717) is 6.42 Å². The summed E-state index contributed by atoms with van der Waals surface area (Å²) in [6.07, 6.45) is 9.89. The lowest BCUT2D eigenvalue weighted by Crippen LogP contribution is -2.46. The number of nitrogens with one attached hydrogen (secondary N) is 2. The highest BCUT2D eigenvalue weighted by Gasteiger charge is 2.50. The fourth-order valence-corrected chi connectivity index (χ4v) is 10.2. The number of ketones is 1. The Labute approximate surface area is 398 Å². The van der Waals surface area contributed by atoms with Crippen LogP contribution in [0.2, 0.25) is 0 Å². The first-order valence-corrected chi connectivity index (χ1v) is 27.7. The number of thioether (sulfide) groups is 1. The van der Waals surface area contributed by atoms with Crippen LogP contribution in [0.1, 0.15) is 117 Å². The minimum atomic E-state index is -5.59. The normalized spacial score (nSPS) is 20.0. The van der Waals surface area contributed by atoms with E-state index in [0.717, 1.165) is 73.9 Å². The number of fused-ring (bicyclic) bond motifs is 1. The van der Waals surface area contributed by atoms with Crippen LogP contribution in [0.15, 0.2) is 24.8 Å². The number of phosphoric ester groups is 3. The maximum Gasteiger partial charge on any atom is 0.481 e. The molecule has 10 N–H and O–H groups in total. The van der Waals surface area contributed by atoms with Crippen molar-refractivity contribution in [3.63, 3.8) is 0 Å². The lowest BCUT2D eigenvalue weighted by Gasteiger charge is -2.30. The van der Waals surface area contributed by atoms with Gasteiger partial charge in [-0.05, 0) is 32.1 Å². The maximum absolute atomic E-state index is 12.7. The Balaban J connectivity index is 1.32. The predicted molar refractivity (Wildman–Crippen MR) is 247 cm³/mol. The van der Waals surface area contributed by atoms with E-state index in [9.17, 15) is 62.7 Å². The van der Waals surface area contributed by atoms with Gasteiger partial charge in [0, 0.05) is 37.1 Å². The summed E-state index contributed by atoms with van der Waals surface area (Å²) in [5.41, 5.74) is 4.24. The molecule has 68 heavy (non-hydrogen) atoms. The summed E-state index contributed by atoms with van der Waals surface area (Å²) in [7, 11) is -16.5. The van der Waals surface area contributed by atoms with Crippen molar-refractivity contribution in [3.05, 3.63) is 24.8 Å². The Morgan fingerprint density at radius 2 is 1.56 bits per heavy atom. The van der Waals surface area contributed by atoms with E-state index in [-0.39, 0.29) is 59.6 Å². The SMILES string of the molecule is CCCCCC/C=C\CCCCCCCC(=O)CC(=O)SCCNC(=O)CCNC(=O)[C@H](O)C(C)(C)COP(=O)(O)OP(=O)(O)OC[C@H]1O[C@@H](n2cnc3c(N)ncnc32)[C@H](O)[C@@H]1OP(=O)(O)O. The second-order valence-electron chi connectivity index (χ2n) is 16.6. The lowest BCUT2D eigenvalue weighted by molar-refractivity contribution is -0.137. The molecule has 2 aromatic heterocycles. The number of hydrogen-bond donors (Lipinski definition) is 9. The zero-order valence-corrected chi connectivity index (χ0v) is 41.8. The molecule has 2 amide bonds. The number of phosphoric acid groups is 3. The van der Waals surface area contributed by atoms with Crippen LogP contribution in [-0.4, -0.2) is 128 Å². The van der Waals surface area contributed by atoms with Crippen LogP contribution in [0.5, 0.6) is 0 Å². The standard InChI is InChI=1S/C39H66N7O18P3S/c1-4-5-6-7-8-9-10-11-12-13-14-15-16-17-27(47)22-30(49)68-21-20-41-29(48)18-19-42-37(52)34(51)39(2,3)24-61-67(58,59)64-66(56,57)60-23-28-33(63-65(53,54)55)32(50)38(62-28)46-26-45-31-35(40)43-25-44-36(31)46/h9-10,25-26,28,32-34,38,50-51H,4-8,11-24H2,1-3H3,(H,41,48)(H,42,52)(H,56,57)(H,58,59)(H2,40,43,44)(H2,53,54,55)/b10-9-/t28-,32-,33-,34+,38-/m1/s1. The molecule has 25 nitrogen and oxygen atoms in total. The second-order valence-corrected chi connectivity index (χ2v) is 22.0. The van der Waals surface area contributed by atoms with E-state index in [2.05, 4.69) is 53.5 Å². The van der Waals surface area contributed by atoms with E-state index in [1.165, 1.54) is 39.5 Å². The molecule has 1 aliphatic heterocycles. The molecule has 7 atom stereocenters. The summed E-state index contributed by atoms with van der Waals surface area (Å²) in [5, 5.41) is 26.2. The largest absolute Gasteiger partial charge is 0.481 e. The fourth-order valence-electron chi connectivity index (χ4n) is 6.63. The van der Waals surface area contributed by atoms with E-state index >= 15 is 0 Å². The van der Waals surface area contributed by atoms with E-state index < -0.39 is 84.6 Å². The Morgan fingerprint density at radius 3 is 2.24 bits per heavy atom. The summed E-state index contributed by atoms with van der Waals surface area (Å²) in [6, 6.07) is 0. The topological polar surface area (TPSA) is 381 Å². The molecule has 3 heterocycles. The number of Topliss-reactive ketones (excluding diaryl/α,β-unsaturated/α-hetero) is 1. The first-order valence-electron chi connectivity index (χ1n) is 22.2. The van der Waals surface area contributed by atoms with Crippen LogP contribution in [0.4, 0.5) is 5.82 Å². The number of nitrogen functional groups attached to an aromatic ring is 1. The van der Waals surface area contributed by atoms with Crippen LogP contribution >= 0.6 is 35.2 Å². The average molecular weight is 1050 g/mol. The number of unbranched alkanes of at least 4 members (excludes halogenated alkanes) is 9. The molecule has 0 bridgehead atoms. The molecule has 1 fully saturated rings. The number of rotatable bonds is 34. The van der Waals surface area contributed by atoms with Crippen LogP contribution in [0.3, 0.4) is 0 Å². The van der Waals surface area contributed by atoms with Crippen molar-refractivity contribution < 1.29 is 85.3 Å². The summed E-state index contributed by atoms with van der Waals surface area (Å²) in [5.74, 6) is -1.41. The third-order valence-electron chi connectivity index (χ3n) is 10.3. The van der Waals surface area contributed by atoms with Gasteiger partial charge in [0.25, 0.3) is 0 Å². The zero-order valence-electron chi connectivity index (χ0n) is 38.3. The second kappa shape index (κ2) is 28.7. The van der Waals surface area contributed by atoms with Gasteiger partial charge in [0.05, 0.1) is 26.0 Å². The number of nitrogens with two attached hydrogens (primary N) is 1. The maximum atomic E-state index is 12.7. The van der Waals surface area contributed by atoms with Crippen LogP contribution in [-0.2, 0) is 55.5 Å². The average Bonchev–Trinajstić information content (AvgIpc) is 3.82. The third-order valence-corrected chi connectivity index (χ3v) is 14.3. The number of imidazole rings is 1. The molecule has 0 radical (unpaired) electrons. The number of aliphatic hydroxyl groups is 2. The molecule has 2 unspecified atom stereocenters. The molecule has 29 heteroatoms. The predicted octanol–water partition coefficient (Wildman–Crippen LogP) is 3.88. The van der Waals surface area contributed by atoms with Crippen LogP contribution < -0.4 is 16.4 Å². The van der Waals surface area contributed by atoms with Crippen LogP contribution in [0.25, 0.3) is 11.2 Å². The van der Waals surface area contributed by atoms with Gasteiger partial charge in [-0.25, -0.2) is 28.6 Å². The number of nitrogens with zero attached hydrogens (tertiary/aromatic N) is 4. The number of allylic oxidation sites excluding steroid dienone is 2. The number of hydrogen-bond acceptors (Lipinski definition) is 19. The quantitative estimate of drug-likeness (QED) is 0.0208. The van der Waals surface area contributed by atoms with Crippen LogP contribution in [0, 0.1) is 5.41 Å². The zero-order chi connectivity index (χ0) is 50.5. The number of aromatic nitrogens is 4. The van der Waals surface area contributed by atoms with Crippen molar-refractivity contribution in [2.45, 2.75) is 141 Å². The number of aliphatic hydroxyl groups excluding tert-OH is 2. The molecule has 1 saturated heterocycles. The summed E-state index contributed by atoms with van der Waals surface area (Å²) < 4.78 is 62.4. The number of anilines is 1. The van der Waals surface area contributed by atoms with Crippen molar-refractivity contribution in [1.82, 2.24) is 30.2 Å². The first kappa shape index (κ1) is 59.3.